The van der Waals surface area contributed by atoms with E-state index in [1.54, 1.807) is 16.3 Å². The average molecular weight is 449 g/mol. The molecule has 1 aromatic heterocycles. The highest BCUT2D eigenvalue weighted by Crippen LogP contribution is 2.30. The van der Waals surface area contributed by atoms with E-state index < -0.39 is 0 Å². The van der Waals surface area contributed by atoms with Gasteiger partial charge in [-0.05, 0) is 37.8 Å². The third kappa shape index (κ3) is 5.50. The predicted octanol–water partition coefficient (Wildman–Crippen LogP) is 3.83. The van der Waals surface area contributed by atoms with Gasteiger partial charge in [0, 0.05) is 37.5 Å². The number of benzene rings is 1. The number of amides is 2. The van der Waals surface area contributed by atoms with Crippen LogP contribution in [0.25, 0.3) is 0 Å². The molecule has 30 heavy (non-hydrogen) atoms. The van der Waals surface area contributed by atoms with E-state index in [9.17, 15) is 9.59 Å². The smallest absolute Gasteiger partial charge is 0.273 e. The first-order chi connectivity index (χ1) is 14.6. The van der Waals surface area contributed by atoms with Crippen LogP contribution in [0.15, 0.2) is 29.6 Å². The van der Waals surface area contributed by atoms with Crippen molar-refractivity contribution in [2.45, 2.75) is 44.2 Å². The highest BCUT2D eigenvalue weighted by atomic mass is 35.5. The van der Waals surface area contributed by atoms with Crippen molar-refractivity contribution in [1.29, 1.82) is 0 Å². The number of halogens is 1. The van der Waals surface area contributed by atoms with Crippen LogP contribution < -0.4 is 10.6 Å². The third-order valence-electron chi connectivity index (χ3n) is 5.22. The molecule has 2 amide bonds. The molecule has 2 aromatic rings. The van der Waals surface area contributed by atoms with E-state index in [0.29, 0.717) is 28.9 Å². The number of nitrogens with zero attached hydrogens (tertiary/aromatic N) is 2. The van der Waals surface area contributed by atoms with Crippen molar-refractivity contribution in [3.63, 3.8) is 0 Å². The molecule has 7 nitrogen and oxygen atoms in total. The van der Waals surface area contributed by atoms with Crippen molar-refractivity contribution in [2.75, 3.05) is 25.0 Å². The maximum absolute atomic E-state index is 13.0. The Hall–Kier alpha value is -2.16. The number of anilines is 2. The first-order valence-electron chi connectivity index (χ1n) is 10.3. The second-order valence-electron chi connectivity index (χ2n) is 7.56. The molecule has 1 saturated heterocycles. The van der Waals surface area contributed by atoms with Crippen molar-refractivity contribution in [3.05, 3.63) is 40.4 Å². The van der Waals surface area contributed by atoms with Crippen LogP contribution in [0, 0.1) is 0 Å². The summed E-state index contributed by atoms with van der Waals surface area (Å²) in [7, 11) is 0. The van der Waals surface area contributed by atoms with Gasteiger partial charge >= 0.3 is 0 Å². The van der Waals surface area contributed by atoms with E-state index in [1.807, 2.05) is 18.2 Å². The summed E-state index contributed by atoms with van der Waals surface area (Å²) in [5.41, 5.74) is 1.13. The molecule has 2 fully saturated rings. The lowest BCUT2D eigenvalue weighted by Crippen LogP contribution is -2.38. The Kier molecular flexibility index (Phi) is 6.86. The van der Waals surface area contributed by atoms with Crippen LogP contribution in [-0.4, -0.2) is 53.5 Å². The Bertz CT molecular complexity index is 896. The number of aromatic nitrogens is 1. The van der Waals surface area contributed by atoms with Crippen LogP contribution in [-0.2, 0) is 9.53 Å². The van der Waals surface area contributed by atoms with Crippen LogP contribution in [0.5, 0.6) is 0 Å². The van der Waals surface area contributed by atoms with Crippen molar-refractivity contribution in [3.8, 4) is 0 Å². The van der Waals surface area contributed by atoms with E-state index in [4.69, 9.17) is 16.3 Å². The van der Waals surface area contributed by atoms with E-state index in [2.05, 4.69) is 15.6 Å². The quantitative estimate of drug-likeness (QED) is 0.609. The zero-order chi connectivity index (χ0) is 20.9. The topological polar surface area (TPSA) is 83.6 Å². The molecule has 0 radical (unpaired) electrons. The fourth-order valence-corrected chi connectivity index (χ4v) is 4.31. The van der Waals surface area contributed by atoms with Gasteiger partial charge in [-0.15, -0.1) is 11.3 Å². The number of para-hydroxylation sites is 1. The minimum Gasteiger partial charge on any atom is -0.376 e. The molecule has 2 aliphatic rings. The molecule has 0 unspecified atom stereocenters. The summed E-state index contributed by atoms with van der Waals surface area (Å²) in [5.74, 6) is -0.184. The standard InChI is InChI=1S/C21H25ClN4O3S/c22-16-5-1-2-6-17(16)24-21-25-18(13-30-21)20(28)26(14-7-8-14)10-9-19(27)23-12-15-4-3-11-29-15/h1-2,5-6,13-15H,3-4,7-12H2,(H,23,27)(H,24,25)/t15-/m1/s1. The molecule has 0 spiro atoms. The average Bonchev–Trinajstić information content (AvgIpc) is 3.24. The third-order valence-corrected chi connectivity index (χ3v) is 6.31. The second kappa shape index (κ2) is 9.76. The molecule has 1 aliphatic heterocycles. The molecule has 9 heteroatoms. The van der Waals surface area contributed by atoms with Gasteiger partial charge < -0.3 is 20.3 Å². The number of nitrogens with one attached hydrogen (secondary N) is 2. The second-order valence-corrected chi connectivity index (χ2v) is 8.83. The lowest BCUT2D eigenvalue weighted by molar-refractivity contribution is -0.121. The van der Waals surface area contributed by atoms with Gasteiger partial charge in [0.25, 0.3) is 5.91 Å². The van der Waals surface area contributed by atoms with Gasteiger partial charge in [0.15, 0.2) is 5.13 Å². The summed E-state index contributed by atoms with van der Waals surface area (Å²) in [4.78, 5) is 31.4. The molecule has 2 N–H and O–H groups in total. The number of carbonyl (C=O) groups excluding carboxylic acids is 2. The molecule has 1 aliphatic carbocycles. The van der Waals surface area contributed by atoms with Gasteiger partial charge in [-0.25, -0.2) is 4.98 Å². The Labute approximate surface area is 184 Å². The maximum atomic E-state index is 13.0. The van der Waals surface area contributed by atoms with Gasteiger partial charge in [-0.3, -0.25) is 9.59 Å². The van der Waals surface area contributed by atoms with Gasteiger partial charge in [0.1, 0.15) is 5.69 Å². The Morgan fingerprint density at radius 3 is 2.83 bits per heavy atom. The highest BCUT2D eigenvalue weighted by molar-refractivity contribution is 7.14. The minimum atomic E-state index is -0.132. The molecule has 1 saturated carbocycles. The summed E-state index contributed by atoms with van der Waals surface area (Å²) in [6.45, 7) is 1.70. The summed E-state index contributed by atoms with van der Waals surface area (Å²) < 4.78 is 5.52. The zero-order valence-corrected chi connectivity index (χ0v) is 18.2. The first kappa shape index (κ1) is 21.1. The van der Waals surface area contributed by atoms with Gasteiger partial charge in [-0.1, -0.05) is 23.7 Å². The van der Waals surface area contributed by atoms with Crippen LogP contribution in [0.1, 0.15) is 42.6 Å². The van der Waals surface area contributed by atoms with E-state index in [0.717, 1.165) is 38.0 Å². The molecule has 1 atom stereocenters. The summed E-state index contributed by atoms with van der Waals surface area (Å²) in [6.07, 6.45) is 4.38. The molecular weight excluding hydrogens is 424 g/mol. The van der Waals surface area contributed by atoms with E-state index in [1.165, 1.54) is 11.3 Å². The lowest BCUT2D eigenvalue weighted by Gasteiger charge is -2.21. The Balaban J connectivity index is 1.31. The number of carbonyl (C=O) groups is 2. The molecule has 0 bridgehead atoms. The van der Waals surface area contributed by atoms with Crippen LogP contribution >= 0.6 is 22.9 Å². The van der Waals surface area contributed by atoms with Crippen LogP contribution in [0.4, 0.5) is 10.8 Å². The maximum Gasteiger partial charge on any atom is 0.273 e. The van der Waals surface area contributed by atoms with Gasteiger partial charge in [-0.2, -0.15) is 0 Å². The largest absolute Gasteiger partial charge is 0.376 e. The summed E-state index contributed by atoms with van der Waals surface area (Å²) >= 11 is 7.53. The van der Waals surface area contributed by atoms with Crippen molar-refractivity contribution < 1.29 is 14.3 Å². The molecule has 4 rings (SSSR count). The fourth-order valence-electron chi connectivity index (χ4n) is 3.43. The first-order valence-corrected chi connectivity index (χ1v) is 11.5. The summed E-state index contributed by atoms with van der Waals surface area (Å²) in [5, 5.41) is 9.01. The van der Waals surface area contributed by atoms with Crippen LogP contribution in [0.2, 0.25) is 5.02 Å². The molecule has 160 valence electrons. The fraction of sp³-hybridized carbons (Fsp3) is 0.476. The molecule has 1 aromatic carbocycles. The van der Waals surface area contributed by atoms with E-state index in [-0.39, 0.29) is 30.4 Å². The zero-order valence-electron chi connectivity index (χ0n) is 16.6. The van der Waals surface area contributed by atoms with Crippen molar-refractivity contribution in [2.24, 2.45) is 0 Å². The monoisotopic (exact) mass is 448 g/mol. The Morgan fingerprint density at radius 1 is 1.27 bits per heavy atom. The number of thiazole rings is 1. The van der Waals surface area contributed by atoms with E-state index >= 15 is 0 Å². The molecule has 2 heterocycles. The minimum absolute atomic E-state index is 0.0525. The Morgan fingerprint density at radius 2 is 2.10 bits per heavy atom. The van der Waals surface area contributed by atoms with Crippen molar-refractivity contribution >= 4 is 45.6 Å². The number of rotatable bonds is 9. The lowest BCUT2D eigenvalue weighted by atomic mass is 10.2. The van der Waals surface area contributed by atoms with Crippen LogP contribution in [0.3, 0.4) is 0 Å². The number of hydrogen-bond donors (Lipinski definition) is 2. The normalized spacial score (nSPS) is 18.2. The molecular formula is C21H25ClN4O3S. The number of ether oxygens (including phenoxy) is 1. The van der Waals surface area contributed by atoms with Crippen molar-refractivity contribution in [1.82, 2.24) is 15.2 Å². The number of hydrogen-bond acceptors (Lipinski definition) is 6. The summed E-state index contributed by atoms with van der Waals surface area (Å²) in [6, 6.07) is 7.59. The SMILES string of the molecule is O=C(CCN(C(=O)c1csc(Nc2ccccc2Cl)n1)C1CC1)NC[C@H]1CCCO1. The predicted molar refractivity (Wildman–Crippen MR) is 118 cm³/mol. The van der Waals surface area contributed by atoms with Gasteiger partial charge in [0.2, 0.25) is 5.91 Å². The highest BCUT2D eigenvalue weighted by Gasteiger charge is 2.34. The van der Waals surface area contributed by atoms with Gasteiger partial charge in [0.05, 0.1) is 16.8 Å².